The van der Waals surface area contributed by atoms with Crippen LogP contribution >= 0.6 is 0 Å². The maximum Gasteiger partial charge on any atom is 0.422 e. The van der Waals surface area contributed by atoms with Crippen molar-refractivity contribution in [3.05, 3.63) is 29.3 Å². The molecule has 1 aliphatic rings. The number of aryl methyl sites for hydroxylation is 1. The van der Waals surface area contributed by atoms with Crippen LogP contribution in [-0.2, 0) is 16.1 Å². The van der Waals surface area contributed by atoms with E-state index in [-0.39, 0.29) is 24.3 Å². The second-order valence-corrected chi connectivity index (χ2v) is 5.79. The Kier molecular flexibility index (Phi) is 6.06. The van der Waals surface area contributed by atoms with E-state index in [1.807, 2.05) is 0 Å². The van der Waals surface area contributed by atoms with Crippen LogP contribution in [0.25, 0.3) is 0 Å². The zero-order chi connectivity index (χ0) is 17.7. The molecule has 1 fully saturated rings. The molecule has 5 nitrogen and oxygen atoms in total. The van der Waals surface area contributed by atoms with Gasteiger partial charge >= 0.3 is 6.18 Å². The van der Waals surface area contributed by atoms with Gasteiger partial charge in [0.2, 0.25) is 5.91 Å². The van der Waals surface area contributed by atoms with E-state index in [1.54, 1.807) is 19.1 Å². The predicted molar refractivity (Wildman–Crippen MR) is 81.5 cm³/mol. The smallest absolute Gasteiger partial charge is 0.422 e. The molecule has 24 heavy (non-hydrogen) atoms. The van der Waals surface area contributed by atoms with Crippen molar-refractivity contribution < 1.29 is 27.4 Å². The lowest BCUT2D eigenvalue weighted by atomic mass is 10.1. The molecule has 0 aliphatic carbocycles. The number of amides is 1. The Hall–Kier alpha value is -1.80. The molecule has 0 radical (unpaired) electrons. The first kappa shape index (κ1) is 18.5. The fourth-order valence-electron chi connectivity index (χ4n) is 2.47. The number of nitrogens with one attached hydrogen (secondary N) is 1. The van der Waals surface area contributed by atoms with Crippen molar-refractivity contribution in [1.82, 2.24) is 5.32 Å². The second-order valence-electron chi connectivity index (χ2n) is 5.79. The van der Waals surface area contributed by atoms with Crippen molar-refractivity contribution in [2.24, 2.45) is 5.73 Å². The molecule has 1 heterocycles. The van der Waals surface area contributed by atoms with Crippen molar-refractivity contribution in [3.63, 3.8) is 0 Å². The third kappa shape index (κ3) is 5.38. The number of ether oxygens (including phenoxy) is 2. The van der Waals surface area contributed by atoms with Crippen LogP contribution in [0.3, 0.4) is 0 Å². The van der Waals surface area contributed by atoms with Crippen LogP contribution < -0.4 is 15.8 Å². The maximum absolute atomic E-state index is 12.3. The highest BCUT2D eigenvalue weighted by Gasteiger charge is 2.30. The van der Waals surface area contributed by atoms with Gasteiger partial charge in [0.25, 0.3) is 0 Å². The van der Waals surface area contributed by atoms with Crippen molar-refractivity contribution in [1.29, 1.82) is 0 Å². The Morgan fingerprint density at radius 1 is 1.42 bits per heavy atom. The summed E-state index contributed by atoms with van der Waals surface area (Å²) < 4.78 is 47.4. The molecule has 0 saturated carbocycles. The number of hydrogen-bond acceptors (Lipinski definition) is 4. The van der Waals surface area contributed by atoms with Crippen molar-refractivity contribution in [3.8, 4) is 5.75 Å². The van der Waals surface area contributed by atoms with Crippen LogP contribution in [-0.4, -0.2) is 37.4 Å². The molecule has 1 aromatic rings. The Balaban J connectivity index is 1.95. The first-order valence-electron chi connectivity index (χ1n) is 7.71. The minimum Gasteiger partial charge on any atom is -0.484 e. The Morgan fingerprint density at radius 2 is 2.17 bits per heavy atom. The van der Waals surface area contributed by atoms with Crippen LogP contribution in [0.4, 0.5) is 13.2 Å². The van der Waals surface area contributed by atoms with E-state index in [4.69, 9.17) is 15.2 Å². The van der Waals surface area contributed by atoms with E-state index in [2.05, 4.69) is 5.32 Å². The first-order chi connectivity index (χ1) is 11.3. The number of halogens is 3. The SMILES string of the molecule is Cc1ccc(CNC(=O)[C@@H]2CC[C@H](CN)O2)c(OCC(F)(F)F)c1. The summed E-state index contributed by atoms with van der Waals surface area (Å²) in [7, 11) is 0. The third-order valence-electron chi connectivity index (χ3n) is 3.73. The summed E-state index contributed by atoms with van der Waals surface area (Å²) in [5.74, 6) is -0.187. The minimum absolute atomic E-state index is 0.0689. The second kappa shape index (κ2) is 7.85. The number of hydrogen-bond donors (Lipinski definition) is 2. The van der Waals surface area contributed by atoms with E-state index in [0.717, 1.165) is 12.0 Å². The molecule has 0 spiro atoms. The molecule has 3 N–H and O–H groups in total. The lowest BCUT2D eigenvalue weighted by Crippen LogP contribution is -2.35. The van der Waals surface area contributed by atoms with Crippen LogP contribution in [0.1, 0.15) is 24.0 Å². The molecule has 0 bridgehead atoms. The Bertz CT molecular complexity index is 578. The minimum atomic E-state index is -4.42. The summed E-state index contributed by atoms with van der Waals surface area (Å²) in [5.41, 5.74) is 6.75. The molecule has 2 atom stereocenters. The lowest BCUT2D eigenvalue weighted by molar-refractivity contribution is -0.153. The van der Waals surface area contributed by atoms with Crippen molar-refractivity contribution in [2.75, 3.05) is 13.2 Å². The highest BCUT2D eigenvalue weighted by atomic mass is 19.4. The number of rotatable bonds is 6. The zero-order valence-corrected chi connectivity index (χ0v) is 13.4. The number of benzene rings is 1. The largest absolute Gasteiger partial charge is 0.484 e. The molecule has 1 aromatic carbocycles. The molecule has 8 heteroatoms. The predicted octanol–water partition coefficient (Wildman–Crippen LogP) is 2.06. The van der Waals surface area contributed by atoms with Gasteiger partial charge in [0.05, 0.1) is 6.10 Å². The van der Waals surface area contributed by atoms with Gasteiger partial charge in [0, 0.05) is 18.7 Å². The highest BCUT2D eigenvalue weighted by molar-refractivity contribution is 5.81. The van der Waals surface area contributed by atoms with Crippen LogP contribution in [0, 0.1) is 6.92 Å². The van der Waals surface area contributed by atoms with Crippen LogP contribution in [0.15, 0.2) is 18.2 Å². The van der Waals surface area contributed by atoms with Crippen molar-refractivity contribution >= 4 is 5.91 Å². The highest BCUT2D eigenvalue weighted by Crippen LogP contribution is 2.24. The molecular formula is C16H21F3N2O3. The maximum atomic E-state index is 12.3. The summed E-state index contributed by atoms with van der Waals surface area (Å²) in [6.07, 6.45) is -3.80. The molecule has 134 valence electrons. The van der Waals surface area contributed by atoms with Gasteiger partial charge in [-0.15, -0.1) is 0 Å². The topological polar surface area (TPSA) is 73.6 Å². The van der Waals surface area contributed by atoms with Crippen molar-refractivity contribution in [2.45, 2.75) is 44.7 Å². The molecule has 1 saturated heterocycles. The van der Waals surface area contributed by atoms with Gasteiger partial charge in [-0.05, 0) is 31.4 Å². The van der Waals surface area contributed by atoms with Crippen LogP contribution in [0.2, 0.25) is 0 Å². The fraction of sp³-hybridized carbons (Fsp3) is 0.562. The molecule has 0 unspecified atom stereocenters. The monoisotopic (exact) mass is 346 g/mol. The number of carbonyl (C=O) groups is 1. The average Bonchev–Trinajstić information content (AvgIpc) is 3.00. The summed E-state index contributed by atoms with van der Waals surface area (Å²) in [5, 5.41) is 2.68. The number of alkyl halides is 3. The normalized spacial score (nSPS) is 20.9. The van der Waals surface area contributed by atoms with E-state index >= 15 is 0 Å². The van der Waals surface area contributed by atoms with Gasteiger partial charge < -0.3 is 20.5 Å². The molecule has 1 amide bonds. The van der Waals surface area contributed by atoms with Gasteiger partial charge in [-0.2, -0.15) is 13.2 Å². The van der Waals surface area contributed by atoms with Gasteiger partial charge in [0.15, 0.2) is 6.61 Å². The van der Waals surface area contributed by atoms with Gasteiger partial charge in [-0.3, -0.25) is 4.79 Å². The van der Waals surface area contributed by atoms with E-state index in [9.17, 15) is 18.0 Å². The third-order valence-corrected chi connectivity index (χ3v) is 3.73. The number of carbonyl (C=O) groups excluding carboxylic acids is 1. The first-order valence-corrected chi connectivity index (χ1v) is 7.71. The zero-order valence-electron chi connectivity index (χ0n) is 13.4. The van der Waals surface area contributed by atoms with Gasteiger partial charge in [0.1, 0.15) is 11.9 Å². The average molecular weight is 346 g/mol. The molecule has 2 rings (SSSR count). The lowest BCUT2D eigenvalue weighted by Gasteiger charge is -2.16. The molecule has 1 aliphatic heterocycles. The van der Waals surface area contributed by atoms with Gasteiger partial charge in [-0.25, -0.2) is 0 Å². The number of nitrogens with two attached hydrogens (primary N) is 1. The van der Waals surface area contributed by atoms with Crippen LogP contribution in [0.5, 0.6) is 5.75 Å². The van der Waals surface area contributed by atoms with E-state index in [0.29, 0.717) is 18.5 Å². The van der Waals surface area contributed by atoms with E-state index in [1.165, 1.54) is 6.07 Å². The van der Waals surface area contributed by atoms with E-state index < -0.39 is 18.9 Å². The molecular weight excluding hydrogens is 325 g/mol. The Labute approximate surface area is 138 Å². The standard InChI is InChI=1S/C16H21F3N2O3/c1-10-2-3-11(14(6-10)23-9-16(17,18)19)8-21-15(22)13-5-4-12(7-20)24-13/h2-3,6,12-13H,4-5,7-9,20H2,1H3,(H,21,22)/t12-,13+/m1/s1. The fourth-order valence-corrected chi connectivity index (χ4v) is 2.47. The Morgan fingerprint density at radius 3 is 2.79 bits per heavy atom. The summed E-state index contributed by atoms with van der Waals surface area (Å²) in [4.78, 5) is 12.1. The molecule has 0 aromatic heterocycles. The van der Waals surface area contributed by atoms with Gasteiger partial charge in [-0.1, -0.05) is 12.1 Å². The quantitative estimate of drug-likeness (QED) is 0.827. The summed E-state index contributed by atoms with van der Waals surface area (Å²) in [6, 6.07) is 4.90. The summed E-state index contributed by atoms with van der Waals surface area (Å²) >= 11 is 0. The summed E-state index contributed by atoms with van der Waals surface area (Å²) in [6.45, 7) is 0.806.